The van der Waals surface area contributed by atoms with Crippen molar-refractivity contribution in [2.24, 2.45) is 11.8 Å². The van der Waals surface area contributed by atoms with Crippen molar-refractivity contribution in [2.75, 3.05) is 13.2 Å². The Kier molecular flexibility index (Phi) is 8.06. The Labute approximate surface area is 206 Å². The normalized spacial score (nSPS) is 19.8. The summed E-state index contributed by atoms with van der Waals surface area (Å²) in [6.07, 6.45) is 3.65. The first kappa shape index (κ1) is 24.8. The second-order valence-corrected chi connectivity index (χ2v) is 9.70. The van der Waals surface area contributed by atoms with Crippen LogP contribution in [0.15, 0.2) is 48.5 Å². The van der Waals surface area contributed by atoms with Crippen LogP contribution in [0, 0.1) is 11.8 Å². The molecule has 2 aromatic rings. The number of amides is 2. The van der Waals surface area contributed by atoms with E-state index in [-0.39, 0.29) is 36.3 Å². The van der Waals surface area contributed by atoms with Gasteiger partial charge in [0.25, 0.3) is 0 Å². The van der Waals surface area contributed by atoms with Crippen LogP contribution in [0.2, 0.25) is 0 Å². The molecule has 1 fully saturated rings. The lowest BCUT2D eigenvalue weighted by Gasteiger charge is -2.28. The standard InChI is InChI=1S/C28H34N2O5/c1-18(26(31)30-20-10-6-9-19(16-20)27(32)33)8-7-15-29-28(34)35-17-25-23-13-4-2-11-21(23)22-12-3-5-14-24(22)25/h2-5,11-14,18-20,25H,6-10,15-17H2,1H3,(H,29,34)(H,30,31)(H,32,33)/t18?,19-,20-/m1/s1. The van der Waals surface area contributed by atoms with E-state index in [1.807, 2.05) is 31.2 Å². The first-order valence-corrected chi connectivity index (χ1v) is 12.6. The Bertz CT molecular complexity index is 1020. The maximum absolute atomic E-state index is 12.5. The van der Waals surface area contributed by atoms with Crippen LogP contribution < -0.4 is 10.6 Å². The number of carbonyl (C=O) groups excluding carboxylic acids is 2. The highest BCUT2D eigenvalue weighted by Gasteiger charge is 2.30. The number of aliphatic carboxylic acids is 1. The molecule has 0 saturated heterocycles. The largest absolute Gasteiger partial charge is 0.481 e. The monoisotopic (exact) mass is 478 g/mol. The molecule has 35 heavy (non-hydrogen) atoms. The van der Waals surface area contributed by atoms with Crippen molar-refractivity contribution in [2.45, 2.75) is 57.4 Å². The van der Waals surface area contributed by atoms with Crippen molar-refractivity contribution >= 4 is 18.0 Å². The maximum atomic E-state index is 12.5. The van der Waals surface area contributed by atoms with Gasteiger partial charge in [-0.15, -0.1) is 0 Å². The molecule has 3 atom stereocenters. The Hall–Kier alpha value is -3.35. The van der Waals surface area contributed by atoms with Gasteiger partial charge in [0.1, 0.15) is 6.61 Å². The summed E-state index contributed by atoms with van der Waals surface area (Å²) in [6, 6.07) is 16.4. The van der Waals surface area contributed by atoms with E-state index >= 15 is 0 Å². The van der Waals surface area contributed by atoms with Gasteiger partial charge in [-0.2, -0.15) is 0 Å². The van der Waals surface area contributed by atoms with Gasteiger partial charge in [0.15, 0.2) is 0 Å². The van der Waals surface area contributed by atoms with Gasteiger partial charge in [-0.25, -0.2) is 4.79 Å². The Morgan fingerprint density at radius 1 is 1.03 bits per heavy atom. The quantitative estimate of drug-likeness (QED) is 0.453. The molecule has 1 unspecified atom stereocenters. The van der Waals surface area contributed by atoms with Crippen LogP contribution in [0.3, 0.4) is 0 Å². The fraction of sp³-hybridized carbons (Fsp3) is 0.464. The molecule has 0 bridgehead atoms. The minimum absolute atomic E-state index is 0.0254. The number of nitrogens with one attached hydrogen (secondary N) is 2. The van der Waals surface area contributed by atoms with Crippen molar-refractivity contribution in [3.8, 4) is 11.1 Å². The second-order valence-electron chi connectivity index (χ2n) is 9.70. The lowest BCUT2D eigenvalue weighted by molar-refractivity contribution is -0.143. The topological polar surface area (TPSA) is 105 Å². The van der Waals surface area contributed by atoms with E-state index in [0.717, 1.165) is 12.8 Å². The van der Waals surface area contributed by atoms with E-state index in [9.17, 15) is 19.5 Å². The number of fused-ring (bicyclic) bond motifs is 3. The molecule has 0 heterocycles. The van der Waals surface area contributed by atoms with Crippen molar-refractivity contribution < 1.29 is 24.2 Å². The summed E-state index contributed by atoms with van der Waals surface area (Å²) in [5.41, 5.74) is 4.73. The van der Waals surface area contributed by atoms with E-state index in [4.69, 9.17) is 4.74 Å². The summed E-state index contributed by atoms with van der Waals surface area (Å²) >= 11 is 0. The highest BCUT2D eigenvalue weighted by Crippen LogP contribution is 2.44. The molecule has 0 radical (unpaired) electrons. The molecule has 186 valence electrons. The molecule has 0 aromatic heterocycles. The number of rotatable bonds is 9. The second kappa shape index (κ2) is 11.4. The Morgan fingerprint density at radius 2 is 1.69 bits per heavy atom. The molecule has 2 aliphatic rings. The lowest BCUT2D eigenvalue weighted by atomic mass is 9.85. The summed E-state index contributed by atoms with van der Waals surface area (Å²) < 4.78 is 5.55. The highest BCUT2D eigenvalue weighted by molar-refractivity contribution is 5.79. The molecule has 7 heteroatoms. The van der Waals surface area contributed by atoms with Crippen LogP contribution in [0.4, 0.5) is 4.79 Å². The van der Waals surface area contributed by atoms with E-state index in [2.05, 4.69) is 34.9 Å². The van der Waals surface area contributed by atoms with Gasteiger partial charge < -0.3 is 20.5 Å². The zero-order chi connectivity index (χ0) is 24.8. The fourth-order valence-corrected chi connectivity index (χ4v) is 5.27. The van der Waals surface area contributed by atoms with Gasteiger partial charge in [-0.05, 0) is 54.4 Å². The van der Waals surface area contributed by atoms with Gasteiger partial charge in [0.2, 0.25) is 5.91 Å². The molecule has 1 saturated carbocycles. The minimum atomic E-state index is -0.781. The van der Waals surface area contributed by atoms with E-state index < -0.39 is 12.1 Å². The van der Waals surface area contributed by atoms with Crippen LogP contribution in [0.25, 0.3) is 11.1 Å². The van der Waals surface area contributed by atoms with Crippen LogP contribution in [0.1, 0.15) is 62.5 Å². The van der Waals surface area contributed by atoms with Crippen LogP contribution >= 0.6 is 0 Å². The molecule has 7 nitrogen and oxygen atoms in total. The molecule has 2 amide bonds. The average molecular weight is 479 g/mol. The third-order valence-corrected chi connectivity index (χ3v) is 7.24. The number of carboxylic acids is 1. The molecule has 0 aliphatic heterocycles. The maximum Gasteiger partial charge on any atom is 0.407 e. The SMILES string of the molecule is CC(CCCNC(=O)OCC1c2ccccc2-c2ccccc21)C(=O)N[C@@H]1CCC[C@@H](C(=O)O)C1. The van der Waals surface area contributed by atoms with Crippen LogP contribution in [-0.2, 0) is 14.3 Å². The lowest BCUT2D eigenvalue weighted by Crippen LogP contribution is -2.42. The summed E-state index contributed by atoms with van der Waals surface area (Å²) in [5.74, 6) is -1.38. The van der Waals surface area contributed by atoms with Crippen molar-refractivity contribution in [3.63, 3.8) is 0 Å². The smallest absolute Gasteiger partial charge is 0.407 e. The summed E-state index contributed by atoms with van der Waals surface area (Å²) in [5, 5.41) is 15.0. The zero-order valence-electron chi connectivity index (χ0n) is 20.2. The third kappa shape index (κ3) is 6.02. The van der Waals surface area contributed by atoms with Crippen molar-refractivity contribution in [3.05, 3.63) is 59.7 Å². The summed E-state index contributed by atoms with van der Waals surface area (Å²) in [6.45, 7) is 2.57. The number of ether oxygens (including phenoxy) is 1. The number of carbonyl (C=O) groups is 3. The first-order chi connectivity index (χ1) is 16.9. The van der Waals surface area contributed by atoms with Gasteiger partial charge in [0, 0.05) is 24.4 Å². The molecule has 2 aliphatic carbocycles. The van der Waals surface area contributed by atoms with Crippen molar-refractivity contribution in [1.29, 1.82) is 0 Å². The number of alkyl carbamates (subject to hydrolysis) is 1. The Balaban J connectivity index is 1.16. The number of hydrogen-bond acceptors (Lipinski definition) is 4. The van der Waals surface area contributed by atoms with Crippen molar-refractivity contribution in [1.82, 2.24) is 10.6 Å². The van der Waals surface area contributed by atoms with Gasteiger partial charge >= 0.3 is 12.1 Å². The fourth-order valence-electron chi connectivity index (χ4n) is 5.27. The predicted molar refractivity (Wildman–Crippen MR) is 133 cm³/mol. The molecule has 0 spiro atoms. The van der Waals surface area contributed by atoms with Gasteiger partial charge in [-0.3, -0.25) is 9.59 Å². The zero-order valence-corrected chi connectivity index (χ0v) is 20.2. The molecule has 3 N–H and O–H groups in total. The van der Waals surface area contributed by atoms with Crippen LogP contribution in [-0.4, -0.2) is 42.3 Å². The van der Waals surface area contributed by atoms with E-state index in [1.165, 1.54) is 22.3 Å². The summed E-state index contributed by atoms with van der Waals surface area (Å²) in [7, 11) is 0. The number of benzene rings is 2. The molecular formula is C28H34N2O5. The number of hydrogen-bond donors (Lipinski definition) is 3. The summed E-state index contributed by atoms with van der Waals surface area (Å²) in [4.78, 5) is 36.0. The first-order valence-electron chi connectivity index (χ1n) is 12.6. The van der Waals surface area contributed by atoms with E-state index in [0.29, 0.717) is 32.2 Å². The Morgan fingerprint density at radius 3 is 2.34 bits per heavy atom. The predicted octanol–water partition coefficient (Wildman–Crippen LogP) is 4.70. The average Bonchev–Trinajstić information content (AvgIpc) is 3.19. The third-order valence-electron chi connectivity index (χ3n) is 7.24. The molecular weight excluding hydrogens is 444 g/mol. The minimum Gasteiger partial charge on any atom is -0.481 e. The number of carboxylic acid groups (broad SMARTS) is 1. The van der Waals surface area contributed by atoms with Gasteiger partial charge in [-0.1, -0.05) is 61.9 Å². The van der Waals surface area contributed by atoms with E-state index in [1.54, 1.807) is 0 Å². The molecule has 4 rings (SSSR count). The molecule has 2 aromatic carbocycles. The highest BCUT2D eigenvalue weighted by atomic mass is 16.5. The van der Waals surface area contributed by atoms with Gasteiger partial charge in [0.05, 0.1) is 5.92 Å². The van der Waals surface area contributed by atoms with Crippen LogP contribution in [0.5, 0.6) is 0 Å².